The van der Waals surface area contributed by atoms with Gasteiger partial charge in [-0.05, 0) is 43.2 Å². The van der Waals surface area contributed by atoms with Crippen LogP contribution in [0.5, 0.6) is 0 Å². The van der Waals surface area contributed by atoms with Crippen LogP contribution in [0.2, 0.25) is 10.0 Å². The van der Waals surface area contributed by atoms with Crippen molar-refractivity contribution in [3.63, 3.8) is 0 Å². The number of carboxylic acid groups (broad SMARTS) is 1. The average Bonchev–Trinajstić information content (AvgIpc) is 2.92. The van der Waals surface area contributed by atoms with E-state index in [1.54, 1.807) is 26.0 Å². The minimum atomic E-state index is -1.45. The zero-order valence-corrected chi connectivity index (χ0v) is 22.6. The number of carboxylic acids is 1. The Morgan fingerprint density at radius 2 is 1.85 bits per heavy atom. The Morgan fingerprint density at radius 1 is 1.13 bits per heavy atom. The molecule has 1 aliphatic rings. The third-order valence-corrected chi connectivity index (χ3v) is 6.60. The van der Waals surface area contributed by atoms with Crippen molar-refractivity contribution in [2.75, 3.05) is 17.2 Å². The molecule has 0 aliphatic heterocycles. The van der Waals surface area contributed by atoms with Crippen LogP contribution >= 0.6 is 23.2 Å². The van der Waals surface area contributed by atoms with E-state index in [4.69, 9.17) is 27.9 Å². The number of nitrogens with one attached hydrogen (secondary N) is 2. The second kappa shape index (κ2) is 11.8. The minimum Gasteiger partial charge on any atom is -0.479 e. The SMILES string of the molecule is CCOC1(C(=O)O)C=CC=C(c2cccc(-c3cc(NC(=O)Nc4c(Cl)cncc4Cl)c(=O)n(CC)n3)c2)C1. The molecular weight excluding hydrogens is 545 g/mol. The number of urea groups is 1. The number of pyridine rings is 1. The molecule has 0 radical (unpaired) electrons. The van der Waals surface area contributed by atoms with E-state index in [0.29, 0.717) is 11.3 Å². The van der Waals surface area contributed by atoms with E-state index >= 15 is 0 Å². The summed E-state index contributed by atoms with van der Waals surface area (Å²) in [5, 5.41) is 19.6. The van der Waals surface area contributed by atoms with Crippen molar-refractivity contribution in [3.8, 4) is 11.3 Å². The highest BCUT2D eigenvalue weighted by Crippen LogP contribution is 2.34. The van der Waals surface area contributed by atoms with Gasteiger partial charge < -0.3 is 20.5 Å². The molecule has 1 aromatic carbocycles. The molecule has 0 fully saturated rings. The fraction of sp³-hybridized carbons (Fsp3) is 0.222. The van der Waals surface area contributed by atoms with Gasteiger partial charge in [0.25, 0.3) is 5.56 Å². The van der Waals surface area contributed by atoms with Crippen LogP contribution in [0.4, 0.5) is 16.2 Å². The summed E-state index contributed by atoms with van der Waals surface area (Å²) < 4.78 is 6.84. The molecule has 1 aliphatic carbocycles. The average molecular weight is 570 g/mol. The van der Waals surface area contributed by atoms with Crippen LogP contribution in [-0.4, -0.2) is 44.1 Å². The van der Waals surface area contributed by atoms with Crippen LogP contribution in [0.1, 0.15) is 25.8 Å². The number of hydrogen-bond donors (Lipinski definition) is 3. The molecule has 0 bridgehead atoms. The van der Waals surface area contributed by atoms with Gasteiger partial charge in [-0.2, -0.15) is 5.10 Å². The van der Waals surface area contributed by atoms with Gasteiger partial charge in [0.2, 0.25) is 0 Å². The molecular formula is C27H25Cl2N5O5. The number of benzene rings is 1. The molecule has 12 heteroatoms. The molecule has 0 saturated carbocycles. The Balaban J connectivity index is 1.65. The van der Waals surface area contributed by atoms with Crippen LogP contribution < -0.4 is 16.2 Å². The summed E-state index contributed by atoms with van der Waals surface area (Å²) in [5.74, 6) is -1.07. The van der Waals surface area contributed by atoms with Crippen LogP contribution in [0, 0.1) is 0 Å². The van der Waals surface area contributed by atoms with Gasteiger partial charge in [0.1, 0.15) is 5.69 Å². The Labute approximate surface area is 233 Å². The third kappa shape index (κ3) is 6.03. The van der Waals surface area contributed by atoms with Crippen molar-refractivity contribution in [3.05, 3.63) is 86.9 Å². The van der Waals surface area contributed by atoms with Crippen LogP contribution in [0.3, 0.4) is 0 Å². The predicted octanol–water partition coefficient (Wildman–Crippen LogP) is 5.48. The van der Waals surface area contributed by atoms with Gasteiger partial charge in [-0.15, -0.1) is 0 Å². The number of aryl methyl sites for hydroxylation is 1. The molecule has 4 rings (SSSR count). The number of aromatic nitrogens is 3. The number of ether oxygens (including phenoxy) is 1. The van der Waals surface area contributed by atoms with Crippen molar-refractivity contribution in [2.24, 2.45) is 0 Å². The predicted molar refractivity (Wildman–Crippen MR) is 150 cm³/mol. The molecule has 2 aromatic heterocycles. The zero-order valence-electron chi connectivity index (χ0n) is 21.1. The first-order chi connectivity index (χ1) is 18.7. The summed E-state index contributed by atoms with van der Waals surface area (Å²) in [7, 11) is 0. The Bertz CT molecular complexity index is 1530. The number of anilines is 2. The largest absolute Gasteiger partial charge is 0.479 e. The van der Waals surface area contributed by atoms with E-state index in [-0.39, 0.29) is 41.0 Å². The topological polar surface area (TPSA) is 135 Å². The lowest BCUT2D eigenvalue weighted by molar-refractivity contribution is -0.158. The van der Waals surface area contributed by atoms with E-state index in [2.05, 4.69) is 20.7 Å². The number of hydrogen-bond acceptors (Lipinski definition) is 6. The molecule has 10 nitrogen and oxygen atoms in total. The number of halogens is 2. The normalized spacial score (nSPS) is 16.5. The van der Waals surface area contributed by atoms with E-state index in [9.17, 15) is 19.5 Å². The van der Waals surface area contributed by atoms with E-state index in [1.807, 2.05) is 30.3 Å². The first kappa shape index (κ1) is 28.0. The van der Waals surface area contributed by atoms with Crippen LogP contribution in [0.25, 0.3) is 16.8 Å². The highest BCUT2D eigenvalue weighted by molar-refractivity contribution is 6.39. The van der Waals surface area contributed by atoms with Crippen molar-refractivity contribution in [1.29, 1.82) is 0 Å². The summed E-state index contributed by atoms with van der Waals surface area (Å²) in [6.07, 6.45) is 7.86. The lowest BCUT2D eigenvalue weighted by Crippen LogP contribution is -2.40. The Morgan fingerprint density at radius 3 is 2.51 bits per heavy atom. The van der Waals surface area contributed by atoms with Crippen LogP contribution in [0.15, 0.2) is 65.7 Å². The van der Waals surface area contributed by atoms with E-state index in [1.165, 1.54) is 23.1 Å². The lowest BCUT2D eigenvalue weighted by Gasteiger charge is -2.29. The van der Waals surface area contributed by atoms with Gasteiger partial charge >= 0.3 is 12.0 Å². The second-order valence-corrected chi connectivity index (χ2v) is 9.37. The summed E-state index contributed by atoms with van der Waals surface area (Å²) in [6, 6.07) is 8.07. The number of carbonyl (C=O) groups excluding carboxylic acids is 1. The number of aliphatic carboxylic acids is 1. The summed E-state index contributed by atoms with van der Waals surface area (Å²) in [5.41, 5.74) is 0.821. The van der Waals surface area contributed by atoms with Gasteiger partial charge in [0, 0.05) is 37.5 Å². The smallest absolute Gasteiger partial charge is 0.340 e. The van der Waals surface area contributed by atoms with E-state index in [0.717, 1.165) is 11.1 Å². The van der Waals surface area contributed by atoms with Gasteiger partial charge in [-0.3, -0.25) is 9.78 Å². The van der Waals surface area contributed by atoms with Gasteiger partial charge in [-0.25, -0.2) is 14.3 Å². The van der Waals surface area contributed by atoms with E-state index < -0.39 is 23.2 Å². The third-order valence-electron chi connectivity index (χ3n) is 6.02. The molecule has 0 saturated heterocycles. The molecule has 39 heavy (non-hydrogen) atoms. The summed E-state index contributed by atoms with van der Waals surface area (Å²) in [6.45, 7) is 4.01. The highest BCUT2D eigenvalue weighted by atomic mass is 35.5. The fourth-order valence-electron chi connectivity index (χ4n) is 4.15. The van der Waals surface area contributed by atoms with Crippen LogP contribution in [-0.2, 0) is 16.1 Å². The monoisotopic (exact) mass is 569 g/mol. The van der Waals surface area contributed by atoms with Gasteiger partial charge in [0.15, 0.2) is 5.60 Å². The fourth-order valence-corrected chi connectivity index (χ4v) is 4.61. The standard InChI is InChI=1S/C27H25Cl2N5O5/c1-3-34-24(35)22(31-26(38)32-23-19(28)14-30-15-20(23)29)12-21(33-34)17-8-5-7-16(11-17)18-9-6-10-27(13-18,25(36)37)39-4-2/h5-12,14-15H,3-4,13H2,1-2H3,(H,36,37)(H2,30,31,32,38). The number of nitrogens with zero attached hydrogens (tertiary/aromatic N) is 3. The molecule has 0 spiro atoms. The second-order valence-electron chi connectivity index (χ2n) is 8.56. The van der Waals surface area contributed by atoms with Crippen molar-refractivity contribution in [1.82, 2.24) is 14.8 Å². The highest BCUT2D eigenvalue weighted by Gasteiger charge is 2.39. The number of rotatable bonds is 8. The molecule has 1 unspecified atom stereocenters. The molecule has 3 aromatic rings. The summed E-state index contributed by atoms with van der Waals surface area (Å²) >= 11 is 12.2. The van der Waals surface area contributed by atoms with Crippen molar-refractivity contribution >= 4 is 52.2 Å². The quantitative estimate of drug-likeness (QED) is 0.326. The maximum absolute atomic E-state index is 12.9. The molecule has 2 amide bonds. The Hall–Kier alpha value is -3.99. The number of carbonyl (C=O) groups is 2. The van der Waals surface area contributed by atoms with Crippen molar-refractivity contribution in [2.45, 2.75) is 32.4 Å². The molecule has 202 valence electrons. The first-order valence-electron chi connectivity index (χ1n) is 12.0. The maximum atomic E-state index is 12.9. The number of amides is 2. The lowest BCUT2D eigenvalue weighted by atomic mass is 9.85. The molecule has 1 atom stereocenters. The first-order valence-corrected chi connectivity index (χ1v) is 12.8. The number of allylic oxidation sites excluding steroid dienone is 2. The minimum absolute atomic E-state index is 0.00731. The molecule has 3 N–H and O–H groups in total. The van der Waals surface area contributed by atoms with Gasteiger partial charge in [0.05, 0.1) is 21.4 Å². The van der Waals surface area contributed by atoms with Gasteiger partial charge in [-0.1, -0.05) is 53.6 Å². The zero-order chi connectivity index (χ0) is 28.2. The maximum Gasteiger partial charge on any atom is 0.340 e. The molecule has 2 heterocycles. The summed E-state index contributed by atoms with van der Waals surface area (Å²) in [4.78, 5) is 41.5. The Kier molecular flexibility index (Phi) is 8.49. The van der Waals surface area contributed by atoms with Crippen molar-refractivity contribution < 1.29 is 19.4 Å².